The lowest BCUT2D eigenvalue weighted by Gasteiger charge is -2.15. The first-order valence-electron chi connectivity index (χ1n) is 8.42. The number of carbonyl (C=O) groups is 2. The number of benzene rings is 2. The van der Waals surface area contributed by atoms with Gasteiger partial charge < -0.3 is 10.1 Å². The summed E-state index contributed by atoms with van der Waals surface area (Å²) in [6, 6.07) is 8.55. The zero-order chi connectivity index (χ0) is 22.6. The number of nitrogens with zero attached hydrogens (tertiary/aromatic N) is 2. The average molecular weight is 456 g/mol. The maximum absolute atomic E-state index is 12.3. The number of non-ortho nitro benzene ring substituents is 1. The van der Waals surface area contributed by atoms with Gasteiger partial charge in [-0.2, -0.15) is 0 Å². The number of hydrogen-bond donors (Lipinski definition) is 1. The predicted octanol–water partition coefficient (Wildman–Crippen LogP) is 2.68. The molecule has 30 heavy (non-hydrogen) atoms. The van der Waals surface area contributed by atoms with Crippen LogP contribution in [0.25, 0.3) is 0 Å². The Morgan fingerprint density at radius 3 is 2.30 bits per heavy atom. The van der Waals surface area contributed by atoms with E-state index in [1.807, 2.05) is 0 Å². The van der Waals surface area contributed by atoms with Gasteiger partial charge in [-0.05, 0) is 37.3 Å². The second kappa shape index (κ2) is 9.20. The number of anilines is 1. The van der Waals surface area contributed by atoms with Gasteiger partial charge in [0.2, 0.25) is 10.0 Å². The fourth-order valence-corrected chi connectivity index (χ4v) is 3.28. The van der Waals surface area contributed by atoms with E-state index in [1.165, 1.54) is 57.4 Å². The molecule has 0 spiro atoms. The molecule has 0 bridgehead atoms. The van der Waals surface area contributed by atoms with Crippen molar-refractivity contribution in [3.63, 3.8) is 0 Å². The van der Waals surface area contributed by atoms with Gasteiger partial charge in [0.1, 0.15) is 0 Å². The van der Waals surface area contributed by atoms with Crippen molar-refractivity contribution < 1.29 is 27.7 Å². The topological polar surface area (TPSA) is 136 Å². The summed E-state index contributed by atoms with van der Waals surface area (Å²) in [5.74, 6) is -1.60. The number of nitro benzene ring substituents is 1. The summed E-state index contributed by atoms with van der Waals surface area (Å²) in [7, 11) is -0.887. The summed E-state index contributed by atoms with van der Waals surface area (Å²) >= 11 is 5.93. The van der Waals surface area contributed by atoms with Crippen LogP contribution in [0.1, 0.15) is 17.3 Å². The van der Waals surface area contributed by atoms with Gasteiger partial charge in [0, 0.05) is 26.2 Å². The lowest BCUT2D eigenvalue weighted by Crippen LogP contribution is -2.30. The fourth-order valence-electron chi connectivity index (χ4n) is 2.21. The summed E-state index contributed by atoms with van der Waals surface area (Å²) in [5.41, 5.74) is -0.232. The third-order valence-corrected chi connectivity index (χ3v) is 6.10. The average Bonchev–Trinajstić information content (AvgIpc) is 2.69. The van der Waals surface area contributed by atoms with Crippen LogP contribution < -0.4 is 5.32 Å². The van der Waals surface area contributed by atoms with Crippen molar-refractivity contribution in [2.75, 3.05) is 19.4 Å². The van der Waals surface area contributed by atoms with Crippen LogP contribution in [0.15, 0.2) is 47.4 Å². The molecule has 1 atom stereocenters. The van der Waals surface area contributed by atoms with Crippen LogP contribution in [-0.4, -0.2) is 49.7 Å². The Labute approximate surface area is 177 Å². The maximum Gasteiger partial charge on any atom is 0.338 e. The van der Waals surface area contributed by atoms with Gasteiger partial charge in [-0.3, -0.25) is 14.9 Å². The molecular weight excluding hydrogens is 438 g/mol. The van der Waals surface area contributed by atoms with E-state index < -0.39 is 32.9 Å². The van der Waals surface area contributed by atoms with Gasteiger partial charge in [0.25, 0.3) is 11.6 Å². The van der Waals surface area contributed by atoms with Gasteiger partial charge in [0.15, 0.2) is 6.10 Å². The molecule has 2 rings (SSSR count). The second-order valence-corrected chi connectivity index (χ2v) is 8.83. The van der Waals surface area contributed by atoms with Gasteiger partial charge in [0.05, 0.1) is 26.1 Å². The number of carbonyl (C=O) groups excluding carboxylic acids is 2. The minimum absolute atomic E-state index is 0.00277. The maximum atomic E-state index is 12.3. The molecule has 0 unspecified atom stereocenters. The van der Waals surface area contributed by atoms with Crippen LogP contribution in [0.4, 0.5) is 11.4 Å². The van der Waals surface area contributed by atoms with Crippen molar-refractivity contribution in [1.29, 1.82) is 0 Å². The first kappa shape index (κ1) is 23.3. The van der Waals surface area contributed by atoms with Crippen molar-refractivity contribution in [2.24, 2.45) is 0 Å². The summed E-state index contributed by atoms with van der Waals surface area (Å²) in [5, 5.41) is 13.3. The van der Waals surface area contributed by atoms with E-state index in [9.17, 15) is 28.1 Å². The van der Waals surface area contributed by atoms with E-state index >= 15 is 0 Å². The SMILES string of the molecule is C[C@@H](OC(=O)c1ccc(S(=O)(=O)N(C)C)cc1)C(=O)Nc1cc([N+](=O)[O-])ccc1Cl. The smallest absolute Gasteiger partial charge is 0.338 e. The zero-order valence-electron chi connectivity index (χ0n) is 16.2. The molecule has 10 nitrogen and oxygen atoms in total. The molecule has 0 aliphatic rings. The third-order valence-electron chi connectivity index (χ3n) is 3.94. The number of hydrogen-bond acceptors (Lipinski definition) is 7. The van der Waals surface area contributed by atoms with E-state index in [0.29, 0.717) is 0 Å². The predicted molar refractivity (Wildman–Crippen MR) is 109 cm³/mol. The van der Waals surface area contributed by atoms with Crippen molar-refractivity contribution in [3.8, 4) is 0 Å². The Morgan fingerprint density at radius 1 is 1.17 bits per heavy atom. The number of nitrogens with one attached hydrogen (secondary N) is 1. The number of rotatable bonds is 7. The van der Waals surface area contributed by atoms with Crippen LogP contribution in [0.5, 0.6) is 0 Å². The number of ether oxygens (including phenoxy) is 1. The van der Waals surface area contributed by atoms with Crippen molar-refractivity contribution >= 4 is 44.9 Å². The van der Waals surface area contributed by atoms with Crippen molar-refractivity contribution in [1.82, 2.24) is 4.31 Å². The van der Waals surface area contributed by atoms with Gasteiger partial charge >= 0.3 is 5.97 Å². The Hall–Kier alpha value is -3.02. The van der Waals surface area contributed by atoms with E-state index in [-0.39, 0.29) is 26.9 Å². The molecule has 160 valence electrons. The first-order chi connectivity index (χ1) is 13.9. The van der Waals surface area contributed by atoms with Crippen molar-refractivity contribution in [2.45, 2.75) is 17.9 Å². The van der Waals surface area contributed by atoms with E-state index in [1.54, 1.807) is 0 Å². The molecule has 0 saturated heterocycles. The second-order valence-electron chi connectivity index (χ2n) is 6.27. The van der Waals surface area contributed by atoms with Crippen molar-refractivity contribution in [3.05, 3.63) is 63.2 Å². The molecule has 0 heterocycles. The van der Waals surface area contributed by atoms with E-state index in [4.69, 9.17) is 16.3 Å². The van der Waals surface area contributed by atoms with Gasteiger partial charge in [-0.25, -0.2) is 17.5 Å². The standard InChI is InChI=1S/C18H18ClN3O7S/c1-11(17(23)20-16-10-13(22(25)26)6-9-15(16)19)29-18(24)12-4-7-14(8-5-12)30(27,28)21(2)3/h4-11H,1-3H3,(H,20,23)/t11-/m1/s1. The fraction of sp³-hybridized carbons (Fsp3) is 0.222. The number of sulfonamides is 1. The highest BCUT2D eigenvalue weighted by atomic mass is 35.5. The largest absolute Gasteiger partial charge is 0.449 e. The molecule has 2 aromatic rings. The normalized spacial score (nSPS) is 12.3. The molecule has 0 saturated carbocycles. The van der Waals surface area contributed by atoms with Gasteiger partial charge in [-0.1, -0.05) is 11.6 Å². The Kier molecular flexibility index (Phi) is 7.13. The monoisotopic (exact) mass is 455 g/mol. The Bertz CT molecular complexity index is 1090. The highest BCUT2D eigenvalue weighted by Crippen LogP contribution is 2.27. The zero-order valence-corrected chi connectivity index (χ0v) is 17.7. The molecule has 12 heteroatoms. The van der Waals surface area contributed by atoms with Crippen LogP contribution in [-0.2, 0) is 19.6 Å². The Balaban J connectivity index is 2.08. The summed E-state index contributed by atoms with van der Waals surface area (Å²) < 4.78 is 30.2. The molecule has 0 aliphatic carbocycles. The van der Waals surface area contributed by atoms with Crippen LogP contribution in [0.2, 0.25) is 5.02 Å². The van der Waals surface area contributed by atoms with Gasteiger partial charge in [-0.15, -0.1) is 0 Å². The summed E-state index contributed by atoms with van der Waals surface area (Å²) in [6.45, 7) is 1.31. The van der Waals surface area contributed by atoms with Crippen LogP contribution >= 0.6 is 11.6 Å². The molecular formula is C18H18ClN3O7S. The molecule has 0 aliphatic heterocycles. The number of amides is 1. The summed E-state index contributed by atoms with van der Waals surface area (Å²) in [6.07, 6.45) is -1.25. The highest BCUT2D eigenvalue weighted by Gasteiger charge is 2.22. The number of esters is 1. The van der Waals surface area contributed by atoms with Crippen LogP contribution in [0.3, 0.4) is 0 Å². The quantitative estimate of drug-likeness (QED) is 0.385. The Morgan fingerprint density at radius 2 is 1.77 bits per heavy atom. The molecule has 2 aromatic carbocycles. The lowest BCUT2D eigenvalue weighted by molar-refractivity contribution is -0.384. The highest BCUT2D eigenvalue weighted by molar-refractivity contribution is 7.89. The number of nitro groups is 1. The van der Waals surface area contributed by atoms with E-state index in [2.05, 4.69) is 5.32 Å². The minimum Gasteiger partial charge on any atom is -0.449 e. The van der Waals surface area contributed by atoms with Crippen LogP contribution in [0, 0.1) is 10.1 Å². The lowest BCUT2D eigenvalue weighted by atomic mass is 10.2. The number of halogens is 1. The van der Waals surface area contributed by atoms with E-state index in [0.717, 1.165) is 10.4 Å². The minimum atomic E-state index is -3.65. The molecule has 0 aromatic heterocycles. The first-order valence-corrected chi connectivity index (χ1v) is 10.2. The third kappa shape index (κ3) is 5.32. The molecule has 0 fully saturated rings. The molecule has 1 N–H and O–H groups in total. The molecule has 0 radical (unpaired) electrons. The molecule has 1 amide bonds. The summed E-state index contributed by atoms with van der Waals surface area (Å²) in [4.78, 5) is 34.7.